The Morgan fingerprint density at radius 3 is 0.965 bits per heavy atom. The Bertz CT molecular complexity index is 2850. The fraction of sp³-hybridized carbons (Fsp3) is 0.915. The first-order chi connectivity index (χ1) is 52.7. The van der Waals surface area contributed by atoms with Crippen LogP contribution in [0.1, 0.15) is 375 Å². The van der Waals surface area contributed by atoms with E-state index < -0.39 is 38.3 Å². The van der Waals surface area contributed by atoms with Crippen molar-refractivity contribution in [2.75, 3.05) is 52.9 Å². The molecular formula is C94H172O21. The van der Waals surface area contributed by atoms with Gasteiger partial charge in [0.05, 0.1) is 75.3 Å². The van der Waals surface area contributed by atoms with Crippen molar-refractivity contribution >= 4 is 47.8 Å². The first-order valence-electron chi connectivity index (χ1n) is 44.5. The molecule has 0 saturated heterocycles. The molecule has 9 saturated carbocycles. The predicted octanol–water partition coefficient (Wildman–Crippen LogP) is 19.2. The number of fused-ring (bicyclic) bond motifs is 9. The zero-order valence-electron chi connectivity index (χ0n) is 78.7. The summed E-state index contributed by atoms with van der Waals surface area (Å²) in [5.41, 5.74) is -4.81. The van der Waals surface area contributed by atoms with E-state index in [0.717, 1.165) is 145 Å². The minimum absolute atomic E-state index is 0.0197. The molecule has 9 aliphatic rings. The van der Waals surface area contributed by atoms with Crippen molar-refractivity contribution < 1.29 is 102 Å². The molecule has 9 rings (SSSR count). The first kappa shape index (κ1) is 109. The molecule has 9 atom stereocenters. The highest BCUT2D eigenvalue weighted by atomic mass is 16.6. The largest absolute Gasteiger partial charge is 0.463 e. The van der Waals surface area contributed by atoms with Gasteiger partial charge in [0.15, 0.2) is 0 Å². The Hall–Kier alpha value is -4.44. The number of esters is 8. The second-order valence-electron chi connectivity index (χ2n) is 41.4. The summed E-state index contributed by atoms with van der Waals surface area (Å²) >= 11 is 0. The number of carbonyl (C=O) groups is 8. The zero-order chi connectivity index (χ0) is 89.2. The molecule has 115 heavy (non-hydrogen) atoms. The molecule has 0 aliphatic heterocycles. The lowest BCUT2D eigenvalue weighted by Gasteiger charge is -2.64. The van der Waals surface area contributed by atoms with Crippen LogP contribution in [0, 0.1) is 96.1 Å². The molecule has 9 aliphatic carbocycles. The van der Waals surface area contributed by atoms with E-state index in [4.69, 9.17) is 58.3 Å². The van der Waals surface area contributed by atoms with E-state index >= 15 is 0 Å². The lowest BCUT2D eigenvalue weighted by Crippen LogP contribution is -2.63. The number of carbonyl (C=O) groups excluding carboxylic acids is 8. The van der Waals surface area contributed by atoms with Gasteiger partial charge < -0.3 is 63.4 Å². The van der Waals surface area contributed by atoms with Gasteiger partial charge in [-0.1, -0.05) is 69.2 Å². The van der Waals surface area contributed by atoms with Crippen LogP contribution < -0.4 is 0 Å². The van der Waals surface area contributed by atoms with Gasteiger partial charge in [0.1, 0.15) is 48.8 Å². The standard InChI is InChI=1S/C20H32O2.C19H32O3.C13H24O2.C10H20O2.4C8H16O3/c1-5-19(3,4)18(21)22-20(6-2)11-14-10-15(20)17-13-8-7-12(9-13)16(14)17;1-6-16(2,3)15(20)22-17(4,5)18-8-13-7-14(9-18)11-19(21,10-13)12-18;1-5-12(3,4)11(14)15-13(6-2)9-7-8-10-13;1-7-10(5,6)8(11)12-9(2,3)4;4*1-4-8(2,3)7(10)11-6-5-9/h12-17H,5-11H2,1-4H3;13-14,21H,6-12H2,1-5H3;5-10H2,1-4H3;7H2,1-6H3;4*9H,4-6H2,1-3H3. The van der Waals surface area contributed by atoms with Crippen molar-refractivity contribution in [1.29, 1.82) is 0 Å². The van der Waals surface area contributed by atoms with Crippen LogP contribution in [-0.4, -0.2) is 154 Å². The first-order valence-corrected chi connectivity index (χ1v) is 44.5. The van der Waals surface area contributed by atoms with E-state index in [1.807, 2.05) is 180 Å². The number of hydrogen-bond donors (Lipinski definition) is 5. The van der Waals surface area contributed by atoms with Crippen LogP contribution in [0.5, 0.6) is 0 Å². The fourth-order valence-corrected chi connectivity index (χ4v) is 16.8. The second kappa shape index (κ2) is 45.4. The molecule has 0 amide bonds. The van der Waals surface area contributed by atoms with Gasteiger partial charge in [-0.05, 0) is 347 Å². The predicted molar refractivity (Wildman–Crippen MR) is 454 cm³/mol. The summed E-state index contributed by atoms with van der Waals surface area (Å²) in [4.78, 5) is 93.3. The van der Waals surface area contributed by atoms with E-state index in [0.29, 0.717) is 17.8 Å². The van der Waals surface area contributed by atoms with Crippen molar-refractivity contribution in [2.45, 2.75) is 403 Å². The molecule has 21 nitrogen and oxygen atoms in total. The zero-order valence-corrected chi connectivity index (χ0v) is 78.7. The molecule has 8 bridgehead atoms. The number of aliphatic hydroxyl groups is 5. The normalized spacial score (nSPS) is 25.4. The van der Waals surface area contributed by atoms with Gasteiger partial charge in [0.2, 0.25) is 0 Å². The van der Waals surface area contributed by atoms with Gasteiger partial charge in [0, 0.05) is 11.3 Å². The van der Waals surface area contributed by atoms with Crippen LogP contribution in [0.4, 0.5) is 0 Å². The van der Waals surface area contributed by atoms with Gasteiger partial charge in [-0.2, -0.15) is 0 Å². The van der Waals surface area contributed by atoms with Crippen molar-refractivity contribution in [2.24, 2.45) is 96.1 Å². The summed E-state index contributed by atoms with van der Waals surface area (Å²) < 4.78 is 42.4. The highest BCUT2D eigenvalue weighted by Crippen LogP contribution is 2.71. The van der Waals surface area contributed by atoms with Gasteiger partial charge >= 0.3 is 47.8 Å². The average molecular weight is 1640 g/mol. The van der Waals surface area contributed by atoms with Gasteiger partial charge in [-0.3, -0.25) is 38.4 Å². The molecule has 0 radical (unpaired) electrons. The third-order valence-electron chi connectivity index (χ3n) is 28.1. The number of hydrogen-bond acceptors (Lipinski definition) is 21. The Morgan fingerprint density at radius 1 is 0.348 bits per heavy atom. The van der Waals surface area contributed by atoms with E-state index in [-0.39, 0.29) is 139 Å². The molecule has 0 aromatic heterocycles. The summed E-state index contributed by atoms with van der Waals surface area (Å²) in [6.07, 6.45) is 25.9. The Morgan fingerprint density at radius 2 is 0.661 bits per heavy atom. The van der Waals surface area contributed by atoms with Crippen LogP contribution in [0.25, 0.3) is 0 Å². The summed E-state index contributed by atoms with van der Waals surface area (Å²) in [7, 11) is 0. The quantitative estimate of drug-likeness (QED) is 0.0253. The molecule has 0 aromatic rings. The molecule has 9 unspecified atom stereocenters. The lowest BCUT2D eigenvalue weighted by molar-refractivity contribution is -0.236. The van der Waals surface area contributed by atoms with E-state index in [2.05, 4.69) is 34.6 Å². The molecule has 0 aromatic carbocycles. The minimum atomic E-state index is -0.506. The van der Waals surface area contributed by atoms with Crippen molar-refractivity contribution in [3.63, 3.8) is 0 Å². The van der Waals surface area contributed by atoms with Gasteiger partial charge in [-0.25, -0.2) is 0 Å². The molecule has 21 heteroatoms. The van der Waals surface area contributed by atoms with E-state index in [1.54, 1.807) is 0 Å². The second-order valence-corrected chi connectivity index (χ2v) is 41.4. The van der Waals surface area contributed by atoms with Crippen LogP contribution in [0.3, 0.4) is 0 Å². The average Bonchev–Trinajstić information content (AvgIpc) is 1.62. The third kappa shape index (κ3) is 31.2. The van der Waals surface area contributed by atoms with Gasteiger partial charge in [-0.15, -0.1) is 0 Å². The van der Waals surface area contributed by atoms with Crippen molar-refractivity contribution in [1.82, 2.24) is 0 Å². The van der Waals surface area contributed by atoms with Crippen LogP contribution in [0.15, 0.2) is 0 Å². The summed E-state index contributed by atoms with van der Waals surface area (Å²) in [5.74, 6) is 5.44. The maximum Gasteiger partial charge on any atom is 0.312 e. The maximum absolute atomic E-state index is 12.7. The minimum Gasteiger partial charge on any atom is -0.463 e. The highest BCUT2D eigenvalue weighted by molar-refractivity contribution is 5.79. The summed E-state index contributed by atoms with van der Waals surface area (Å²) in [6, 6.07) is 0. The molecule has 5 N–H and O–H groups in total. The van der Waals surface area contributed by atoms with Crippen molar-refractivity contribution in [3.05, 3.63) is 0 Å². The smallest absolute Gasteiger partial charge is 0.312 e. The Balaban J connectivity index is 0.000000672. The van der Waals surface area contributed by atoms with Crippen LogP contribution >= 0.6 is 0 Å². The third-order valence-corrected chi connectivity index (χ3v) is 28.1. The Kier molecular flexibility index (Phi) is 42.9. The SMILES string of the molecule is CCC(C)(C)C(=O)OC(C)(C)C.CCC(C)(C)C(=O)OC(C)(C)C12CC3CC(CC(O)(C3)C1)C2.CCC(C)(C)C(=O)OC1(CC)CC2CC1C1C3CCC(C3)C21.CCC(C)(C)C(=O)OCCO.CCC(C)(C)C(=O)OCCO.CCC(C)(C)C(=O)OCCO.CCC(C)(C)C(=O)OCCO.CCC1(OC(=O)C(C)(C)CC)CCCC1. The molecule has 674 valence electrons. The summed E-state index contributed by atoms with van der Waals surface area (Å²) in [6.45, 7) is 60.4. The maximum atomic E-state index is 12.7. The Labute approximate surface area is 698 Å². The highest BCUT2D eigenvalue weighted by Gasteiger charge is 2.68. The van der Waals surface area contributed by atoms with Crippen LogP contribution in [-0.2, 0) is 76.3 Å². The van der Waals surface area contributed by atoms with Gasteiger partial charge in [0.25, 0.3) is 0 Å². The number of aliphatic hydroxyl groups excluding tert-OH is 4. The lowest BCUT2D eigenvalue weighted by atomic mass is 9.44. The monoisotopic (exact) mass is 1640 g/mol. The molecule has 9 fully saturated rings. The summed E-state index contributed by atoms with van der Waals surface area (Å²) in [5, 5.41) is 44.4. The van der Waals surface area contributed by atoms with E-state index in [9.17, 15) is 43.5 Å². The molecule has 0 heterocycles. The molecule has 0 spiro atoms. The fourth-order valence-electron chi connectivity index (χ4n) is 16.8. The topological polar surface area (TPSA) is 312 Å². The van der Waals surface area contributed by atoms with Crippen LogP contribution in [0.2, 0.25) is 0 Å². The van der Waals surface area contributed by atoms with Crippen molar-refractivity contribution in [3.8, 4) is 0 Å². The number of ether oxygens (including phenoxy) is 8. The molecular weight excluding hydrogens is 1470 g/mol. The van der Waals surface area contributed by atoms with E-state index in [1.165, 1.54) is 44.9 Å². The number of rotatable bonds is 30.